The fourth-order valence-corrected chi connectivity index (χ4v) is 2.30. The highest BCUT2D eigenvalue weighted by Crippen LogP contribution is 2.14. The Morgan fingerprint density at radius 1 is 0.955 bits per heavy atom. The molecule has 0 bridgehead atoms. The summed E-state index contributed by atoms with van der Waals surface area (Å²) in [7, 11) is 0. The van der Waals surface area contributed by atoms with E-state index in [-0.39, 0.29) is 6.42 Å². The van der Waals surface area contributed by atoms with Gasteiger partial charge in [-0.2, -0.15) is 0 Å². The number of hydrogen-bond acceptors (Lipinski definition) is 1. The van der Waals surface area contributed by atoms with Crippen LogP contribution >= 0.6 is 0 Å². The van der Waals surface area contributed by atoms with E-state index >= 15 is 0 Å². The van der Waals surface area contributed by atoms with E-state index < -0.39 is 5.97 Å². The lowest BCUT2D eigenvalue weighted by Crippen LogP contribution is -1.92. The Balaban J connectivity index is 2.45. The van der Waals surface area contributed by atoms with Crippen molar-refractivity contribution in [1.82, 2.24) is 0 Å². The van der Waals surface area contributed by atoms with Crippen molar-refractivity contribution in [3.8, 4) is 0 Å². The third-order valence-corrected chi connectivity index (χ3v) is 3.58. The Morgan fingerprint density at radius 2 is 1.55 bits per heavy atom. The first kappa shape index (κ1) is 18.2. The molecule has 2 nitrogen and oxygen atoms in total. The number of unbranched alkanes of at least 4 members (excludes halogenated alkanes) is 5. The minimum absolute atomic E-state index is 0.240. The Kier molecular flexibility index (Phi) is 9.76. The zero-order valence-corrected chi connectivity index (χ0v) is 13.6. The molecule has 0 aliphatic heterocycles. The van der Waals surface area contributed by atoms with Crippen molar-refractivity contribution >= 4 is 18.1 Å². The van der Waals surface area contributed by atoms with Gasteiger partial charge in [0.05, 0.1) is 0 Å². The van der Waals surface area contributed by atoms with E-state index in [2.05, 4.69) is 49.4 Å². The molecule has 2 heteroatoms. The number of carboxylic acid groups (broad SMARTS) is 1. The molecule has 0 heterocycles. The van der Waals surface area contributed by atoms with Gasteiger partial charge in [-0.3, -0.25) is 4.79 Å². The van der Waals surface area contributed by atoms with Crippen LogP contribution in [0.25, 0.3) is 12.2 Å². The molecule has 1 N–H and O–H groups in total. The average molecular weight is 300 g/mol. The number of carbonyl (C=O) groups is 1. The van der Waals surface area contributed by atoms with Crippen molar-refractivity contribution in [1.29, 1.82) is 0 Å². The summed E-state index contributed by atoms with van der Waals surface area (Å²) in [6.07, 6.45) is 16.7. The molecule has 22 heavy (non-hydrogen) atoms. The van der Waals surface area contributed by atoms with Crippen molar-refractivity contribution in [2.45, 2.75) is 58.3 Å². The summed E-state index contributed by atoms with van der Waals surface area (Å²) in [4.78, 5) is 10.5. The Hall–Kier alpha value is -1.83. The van der Waals surface area contributed by atoms with Gasteiger partial charge in [0.2, 0.25) is 0 Å². The topological polar surface area (TPSA) is 37.3 Å². The minimum atomic E-state index is -0.722. The molecule has 0 saturated carbocycles. The van der Waals surface area contributed by atoms with Crippen LogP contribution in [0.2, 0.25) is 0 Å². The largest absolute Gasteiger partial charge is 0.481 e. The van der Waals surface area contributed by atoms with Gasteiger partial charge in [-0.15, -0.1) is 0 Å². The van der Waals surface area contributed by atoms with Crippen LogP contribution in [0.5, 0.6) is 0 Å². The molecule has 0 saturated heterocycles. The summed E-state index contributed by atoms with van der Waals surface area (Å²) >= 11 is 0. The van der Waals surface area contributed by atoms with Gasteiger partial charge in [-0.1, -0.05) is 74.8 Å². The number of allylic oxidation sites excluding steroid dienone is 2. The lowest BCUT2D eigenvalue weighted by molar-refractivity contribution is -0.137. The number of aliphatic carboxylic acids is 1. The van der Waals surface area contributed by atoms with Crippen molar-refractivity contribution in [3.05, 3.63) is 47.5 Å². The van der Waals surface area contributed by atoms with Gasteiger partial charge in [-0.25, -0.2) is 0 Å². The summed E-state index contributed by atoms with van der Waals surface area (Å²) in [5.41, 5.74) is 2.43. The zero-order chi connectivity index (χ0) is 16.0. The predicted octanol–water partition coefficient (Wildman–Crippen LogP) is 5.94. The molecular weight excluding hydrogens is 272 g/mol. The van der Waals surface area contributed by atoms with Crippen LogP contribution in [0.4, 0.5) is 0 Å². The quantitative estimate of drug-likeness (QED) is 0.514. The molecule has 0 aliphatic carbocycles. The van der Waals surface area contributed by atoms with E-state index in [0.717, 1.165) is 12.8 Å². The Bertz CT molecular complexity index is 486. The van der Waals surface area contributed by atoms with Gasteiger partial charge < -0.3 is 5.11 Å². The molecular formula is C20H28O2. The average Bonchev–Trinajstić information content (AvgIpc) is 2.51. The molecule has 1 aromatic rings. The molecule has 0 aromatic heterocycles. The normalized spacial score (nSPS) is 11.5. The van der Waals surface area contributed by atoms with Gasteiger partial charge in [0.1, 0.15) is 0 Å². The molecule has 0 radical (unpaired) electrons. The first-order valence-corrected chi connectivity index (χ1v) is 8.38. The first-order valence-electron chi connectivity index (χ1n) is 8.38. The smallest absolute Gasteiger partial charge is 0.303 e. The SMILES string of the molecule is CCCCCC/C=C/c1ccccc1/C=C\CCCC(=O)O. The van der Waals surface area contributed by atoms with Crippen LogP contribution in [0, 0.1) is 0 Å². The van der Waals surface area contributed by atoms with Crippen LogP contribution in [0.15, 0.2) is 36.4 Å². The third-order valence-electron chi connectivity index (χ3n) is 3.58. The van der Waals surface area contributed by atoms with E-state index in [1.54, 1.807) is 0 Å². The van der Waals surface area contributed by atoms with Gasteiger partial charge in [0.15, 0.2) is 0 Å². The maximum atomic E-state index is 10.5. The lowest BCUT2D eigenvalue weighted by Gasteiger charge is -2.01. The second kappa shape index (κ2) is 11.8. The molecule has 0 fully saturated rings. The monoisotopic (exact) mass is 300 g/mol. The summed E-state index contributed by atoms with van der Waals surface area (Å²) in [5, 5.41) is 8.62. The second-order valence-corrected chi connectivity index (χ2v) is 5.57. The van der Waals surface area contributed by atoms with Crippen molar-refractivity contribution in [3.63, 3.8) is 0 Å². The highest BCUT2D eigenvalue weighted by atomic mass is 16.4. The van der Waals surface area contributed by atoms with E-state index in [9.17, 15) is 4.79 Å². The van der Waals surface area contributed by atoms with Crippen molar-refractivity contribution in [2.75, 3.05) is 0 Å². The molecule has 0 atom stereocenters. The number of benzene rings is 1. The van der Waals surface area contributed by atoms with Crippen LogP contribution in [-0.4, -0.2) is 11.1 Å². The first-order chi connectivity index (χ1) is 10.7. The van der Waals surface area contributed by atoms with Crippen LogP contribution in [-0.2, 0) is 4.79 Å². The van der Waals surface area contributed by atoms with E-state index in [1.165, 1.54) is 36.8 Å². The summed E-state index contributed by atoms with van der Waals surface area (Å²) in [6, 6.07) is 8.32. The second-order valence-electron chi connectivity index (χ2n) is 5.57. The lowest BCUT2D eigenvalue weighted by atomic mass is 10.0. The number of hydrogen-bond donors (Lipinski definition) is 1. The molecule has 0 amide bonds. The molecule has 0 spiro atoms. The summed E-state index contributed by atoms with van der Waals surface area (Å²) in [5.74, 6) is -0.722. The van der Waals surface area contributed by atoms with E-state index in [4.69, 9.17) is 5.11 Å². The predicted molar refractivity (Wildman–Crippen MR) is 94.8 cm³/mol. The Morgan fingerprint density at radius 3 is 2.09 bits per heavy atom. The van der Waals surface area contributed by atoms with Crippen LogP contribution < -0.4 is 0 Å². The van der Waals surface area contributed by atoms with Gasteiger partial charge in [0, 0.05) is 6.42 Å². The molecule has 0 aliphatic rings. The fourth-order valence-electron chi connectivity index (χ4n) is 2.30. The van der Waals surface area contributed by atoms with Crippen LogP contribution in [0.3, 0.4) is 0 Å². The van der Waals surface area contributed by atoms with Gasteiger partial charge >= 0.3 is 5.97 Å². The molecule has 0 unspecified atom stereocenters. The van der Waals surface area contributed by atoms with E-state index in [0.29, 0.717) is 6.42 Å². The fraction of sp³-hybridized carbons (Fsp3) is 0.450. The highest BCUT2D eigenvalue weighted by molar-refractivity contribution is 5.67. The molecule has 120 valence electrons. The van der Waals surface area contributed by atoms with Gasteiger partial charge in [-0.05, 0) is 36.8 Å². The minimum Gasteiger partial charge on any atom is -0.481 e. The highest BCUT2D eigenvalue weighted by Gasteiger charge is 1.96. The maximum absolute atomic E-state index is 10.5. The number of rotatable bonds is 11. The molecule has 1 aromatic carbocycles. The molecule has 1 rings (SSSR count). The van der Waals surface area contributed by atoms with Crippen molar-refractivity contribution in [2.24, 2.45) is 0 Å². The third kappa shape index (κ3) is 8.46. The maximum Gasteiger partial charge on any atom is 0.303 e. The Labute approximate surface area is 134 Å². The summed E-state index contributed by atoms with van der Waals surface area (Å²) in [6.45, 7) is 2.23. The van der Waals surface area contributed by atoms with Gasteiger partial charge in [0.25, 0.3) is 0 Å². The standard InChI is InChI=1S/C20H28O2/c1-2-3-4-5-6-8-13-18-15-11-12-16-19(18)14-9-7-10-17-20(21)22/h8-9,11-16H,2-7,10,17H2,1H3,(H,21,22)/b13-8+,14-9-. The number of carboxylic acids is 1. The van der Waals surface area contributed by atoms with Crippen molar-refractivity contribution < 1.29 is 9.90 Å². The van der Waals surface area contributed by atoms with Crippen LogP contribution in [0.1, 0.15) is 69.4 Å². The zero-order valence-electron chi connectivity index (χ0n) is 13.6. The summed E-state index contributed by atoms with van der Waals surface area (Å²) < 4.78 is 0. The van der Waals surface area contributed by atoms with E-state index in [1.807, 2.05) is 6.07 Å².